The second-order valence-electron chi connectivity index (χ2n) is 4.19. The molecule has 18 heavy (non-hydrogen) atoms. The maximum atomic E-state index is 9.14. The lowest BCUT2D eigenvalue weighted by molar-refractivity contribution is 0.277. The van der Waals surface area contributed by atoms with E-state index >= 15 is 0 Å². The first kappa shape index (κ1) is 12.9. The maximum Gasteiger partial charge on any atom is 0.166 e. The van der Waals surface area contributed by atoms with Crippen LogP contribution in [-0.4, -0.2) is 35.4 Å². The number of rotatable bonds is 4. The van der Waals surface area contributed by atoms with Gasteiger partial charge in [-0.15, -0.1) is 0 Å². The van der Waals surface area contributed by atoms with Crippen molar-refractivity contribution in [3.05, 3.63) is 35.5 Å². The van der Waals surface area contributed by atoms with Crippen molar-refractivity contribution in [3.63, 3.8) is 0 Å². The van der Waals surface area contributed by atoms with E-state index in [4.69, 9.17) is 16.7 Å². The lowest BCUT2D eigenvalue weighted by Gasteiger charge is -2.09. The summed E-state index contributed by atoms with van der Waals surface area (Å²) in [5.74, 6) is 1.49. The third kappa shape index (κ3) is 2.35. The molecule has 0 aliphatic carbocycles. The first-order valence-electron chi connectivity index (χ1n) is 5.74. The molecule has 1 N–H and O–H groups in total. The Morgan fingerprint density at radius 1 is 1.28 bits per heavy atom. The summed E-state index contributed by atoms with van der Waals surface area (Å²) in [6.07, 6.45) is 0. The van der Waals surface area contributed by atoms with Crippen molar-refractivity contribution in [2.75, 3.05) is 25.6 Å². The largest absolute Gasteiger partial charge is 0.395 e. The average Bonchev–Trinajstić information content (AvgIpc) is 2.69. The second kappa shape index (κ2) is 5.42. The third-order valence-corrected chi connectivity index (χ3v) is 3.04. The number of aromatic nitrogens is 2. The number of hydrogen-bond acceptors (Lipinski definition) is 3. The number of aliphatic hydroxyl groups is 1. The average molecular weight is 266 g/mol. The fraction of sp³-hybridized carbons (Fsp3) is 0.308. The van der Waals surface area contributed by atoms with E-state index in [0.29, 0.717) is 17.5 Å². The molecule has 0 amide bonds. The van der Waals surface area contributed by atoms with Crippen molar-refractivity contribution < 1.29 is 5.11 Å². The van der Waals surface area contributed by atoms with Crippen molar-refractivity contribution in [2.45, 2.75) is 6.54 Å². The van der Waals surface area contributed by atoms with Crippen molar-refractivity contribution in [2.24, 2.45) is 0 Å². The normalized spacial score (nSPS) is 10.7. The van der Waals surface area contributed by atoms with Gasteiger partial charge in [0.2, 0.25) is 0 Å². The maximum absolute atomic E-state index is 9.14. The zero-order chi connectivity index (χ0) is 13.1. The highest BCUT2D eigenvalue weighted by Gasteiger charge is 2.17. The molecule has 96 valence electrons. The number of halogens is 1. The van der Waals surface area contributed by atoms with E-state index in [2.05, 4.69) is 4.98 Å². The molecule has 0 spiro atoms. The van der Waals surface area contributed by atoms with Crippen LogP contribution in [0.1, 0.15) is 0 Å². The van der Waals surface area contributed by atoms with Crippen molar-refractivity contribution in [3.8, 4) is 11.4 Å². The predicted octanol–water partition coefficient (Wildman–Crippen LogP) is 2.26. The van der Waals surface area contributed by atoms with Crippen LogP contribution < -0.4 is 4.90 Å². The smallest absolute Gasteiger partial charge is 0.166 e. The van der Waals surface area contributed by atoms with Gasteiger partial charge >= 0.3 is 0 Å². The summed E-state index contributed by atoms with van der Waals surface area (Å²) in [5, 5.41) is 9.69. The van der Waals surface area contributed by atoms with Gasteiger partial charge in [-0.3, -0.25) is 0 Å². The minimum absolute atomic E-state index is 0.0305. The van der Waals surface area contributed by atoms with Gasteiger partial charge in [-0.2, -0.15) is 0 Å². The molecule has 2 rings (SSSR count). The SMILES string of the molecule is CN(C)c1nc(-c2ccccc2)n(CCO)c1Cl. The van der Waals surface area contributed by atoms with Crippen LogP contribution in [0.25, 0.3) is 11.4 Å². The van der Waals surface area contributed by atoms with Crippen molar-refractivity contribution in [1.29, 1.82) is 0 Å². The predicted molar refractivity (Wildman–Crippen MR) is 74.1 cm³/mol. The Balaban J connectivity index is 2.55. The Labute approximate surface area is 111 Å². The highest BCUT2D eigenvalue weighted by Crippen LogP contribution is 2.30. The highest BCUT2D eigenvalue weighted by molar-refractivity contribution is 6.32. The molecule has 0 unspecified atom stereocenters. The zero-order valence-electron chi connectivity index (χ0n) is 10.5. The number of benzene rings is 1. The summed E-state index contributed by atoms with van der Waals surface area (Å²) in [5.41, 5.74) is 0.987. The fourth-order valence-electron chi connectivity index (χ4n) is 1.82. The van der Waals surface area contributed by atoms with E-state index in [-0.39, 0.29) is 6.61 Å². The van der Waals surface area contributed by atoms with Gasteiger partial charge in [-0.1, -0.05) is 41.9 Å². The molecule has 0 aliphatic rings. The van der Waals surface area contributed by atoms with E-state index < -0.39 is 0 Å². The number of imidazole rings is 1. The van der Waals surface area contributed by atoms with E-state index in [1.165, 1.54) is 0 Å². The minimum Gasteiger partial charge on any atom is -0.395 e. The van der Waals surface area contributed by atoms with Gasteiger partial charge in [0, 0.05) is 26.2 Å². The molecule has 1 aromatic heterocycles. The van der Waals surface area contributed by atoms with Crippen LogP contribution in [0.3, 0.4) is 0 Å². The van der Waals surface area contributed by atoms with Crippen LogP contribution in [0.5, 0.6) is 0 Å². The Morgan fingerprint density at radius 3 is 2.50 bits per heavy atom. The molecular formula is C13H16ClN3O. The number of aliphatic hydroxyl groups excluding tert-OH is 1. The van der Waals surface area contributed by atoms with Gasteiger partial charge in [0.05, 0.1) is 6.61 Å². The number of nitrogens with zero attached hydrogens (tertiary/aromatic N) is 3. The van der Waals surface area contributed by atoms with Gasteiger partial charge < -0.3 is 14.6 Å². The molecule has 0 aliphatic heterocycles. The lowest BCUT2D eigenvalue weighted by atomic mass is 10.2. The first-order valence-corrected chi connectivity index (χ1v) is 6.12. The van der Waals surface area contributed by atoms with Crippen LogP contribution in [-0.2, 0) is 6.54 Å². The third-order valence-electron chi connectivity index (χ3n) is 2.67. The molecule has 0 atom stereocenters. The molecular weight excluding hydrogens is 250 g/mol. The fourth-order valence-corrected chi connectivity index (χ4v) is 2.19. The summed E-state index contributed by atoms with van der Waals surface area (Å²) in [6.45, 7) is 0.465. The number of anilines is 1. The molecule has 0 saturated heterocycles. The van der Waals surface area contributed by atoms with Crippen LogP contribution in [0.4, 0.5) is 5.82 Å². The Bertz CT molecular complexity index is 523. The zero-order valence-corrected chi connectivity index (χ0v) is 11.2. The van der Waals surface area contributed by atoms with Crippen molar-refractivity contribution >= 4 is 17.4 Å². The summed E-state index contributed by atoms with van der Waals surface area (Å²) in [7, 11) is 3.79. The highest BCUT2D eigenvalue weighted by atomic mass is 35.5. The standard InChI is InChI=1S/C13H16ClN3O/c1-16(2)13-11(14)17(8-9-18)12(15-13)10-6-4-3-5-7-10/h3-7,18H,8-9H2,1-2H3. The minimum atomic E-state index is 0.0305. The molecule has 0 bridgehead atoms. The molecule has 0 fully saturated rings. The van der Waals surface area contributed by atoms with Gasteiger partial charge in [0.1, 0.15) is 5.82 Å². The molecule has 1 heterocycles. The Kier molecular flexibility index (Phi) is 3.89. The van der Waals surface area contributed by atoms with Crippen LogP contribution in [0.2, 0.25) is 5.15 Å². The molecule has 4 nitrogen and oxygen atoms in total. The number of hydrogen-bond donors (Lipinski definition) is 1. The monoisotopic (exact) mass is 265 g/mol. The molecule has 0 saturated carbocycles. The van der Waals surface area contributed by atoms with Crippen molar-refractivity contribution in [1.82, 2.24) is 9.55 Å². The van der Waals surface area contributed by atoms with Gasteiger partial charge in [-0.05, 0) is 0 Å². The van der Waals surface area contributed by atoms with E-state index in [0.717, 1.165) is 11.4 Å². The quantitative estimate of drug-likeness (QED) is 0.922. The molecule has 2 aromatic rings. The summed E-state index contributed by atoms with van der Waals surface area (Å²) < 4.78 is 1.83. The van der Waals surface area contributed by atoms with E-state index in [1.54, 1.807) is 0 Å². The summed E-state index contributed by atoms with van der Waals surface area (Å²) in [4.78, 5) is 6.41. The van der Waals surface area contributed by atoms with Crippen LogP contribution in [0.15, 0.2) is 30.3 Å². The van der Waals surface area contributed by atoms with Crippen LogP contribution in [0, 0.1) is 0 Å². The Morgan fingerprint density at radius 2 is 1.94 bits per heavy atom. The second-order valence-corrected chi connectivity index (χ2v) is 4.54. The van der Waals surface area contributed by atoms with E-state index in [9.17, 15) is 0 Å². The summed E-state index contributed by atoms with van der Waals surface area (Å²) >= 11 is 6.30. The van der Waals surface area contributed by atoms with E-state index in [1.807, 2.05) is 53.9 Å². The van der Waals surface area contributed by atoms with Gasteiger partial charge in [-0.25, -0.2) is 4.98 Å². The Hall–Kier alpha value is -1.52. The molecule has 0 radical (unpaired) electrons. The lowest BCUT2D eigenvalue weighted by Crippen LogP contribution is -2.10. The van der Waals surface area contributed by atoms with Gasteiger partial charge in [0.25, 0.3) is 0 Å². The van der Waals surface area contributed by atoms with Gasteiger partial charge in [0.15, 0.2) is 11.0 Å². The summed E-state index contributed by atoms with van der Waals surface area (Å²) in [6, 6.07) is 9.82. The first-order chi connectivity index (χ1) is 8.65. The molecule has 1 aromatic carbocycles. The van der Waals surface area contributed by atoms with Crippen LogP contribution >= 0.6 is 11.6 Å². The molecule has 5 heteroatoms. The topological polar surface area (TPSA) is 41.3 Å².